The fourth-order valence-electron chi connectivity index (χ4n) is 3.76. The van der Waals surface area contributed by atoms with Crippen molar-refractivity contribution in [1.29, 1.82) is 0 Å². The lowest BCUT2D eigenvalue weighted by molar-refractivity contribution is -0.131. The normalized spacial score (nSPS) is 13.7. The lowest BCUT2D eigenvalue weighted by atomic mass is 10.2. The van der Waals surface area contributed by atoms with Crippen LogP contribution in [0.1, 0.15) is 23.3 Å². The maximum atomic E-state index is 12.9. The maximum Gasteiger partial charge on any atom is 0.274 e. The molecule has 1 aliphatic rings. The molecular weight excluding hydrogens is 410 g/mol. The zero-order valence-corrected chi connectivity index (χ0v) is 18.8. The van der Waals surface area contributed by atoms with Crippen molar-refractivity contribution in [3.63, 3.8) is 0 Å². The van der Waals surface area contributed by atoms with Gasteiger partial charge in [-0.25, -0.2) is 4.98 Å². The number of nitrogens with zero attached hydrogens (tertiary/aromatic N) is 5. The standard InChI is InChI=1S/C23H31N5O4/c1-31-17-5-11-28(23(30)19-18-24-9-10-25-19)12-8-22(29)27-15-13-26(14-16-27)20-6-3-4-7-21(20)32-2/h3-4,6-7,9-10,18H,5,8,11-17H2,1-2H3. The van der Waals surface area contributed by atoms with E-state index in [-0.39, 0.29) is 23.9 Å². The number of methoxy groups -OCH3 is 2. The largest absolute Gasteiger partial charge is 0.495 e. The molecule has 9 heteroatoms. The van der Waals surface area contributed by atoms with Gasteiger partial charge < -0.3 is 24.2 Å². The third kappa shape index (κ3) is 6.16. The third-order valence-electron chi connectivity index (χ3n) is 5.50. The molecule has 9 nitrogen and oxygen atoms in total. The Balaban J connectivity index is 1.54. The number of benzene rings is 1. The van der Waals surface area contributed by atoms with Crippen LogP contribution in [0.4, 0.5) is 5.69 Å². The average Bonchev–Trinajstić information content (AvgIpc) is 2.86. The summed E-state index contributed by atoms with van der Waals surface area (Å²) in [7, 11) is 3.29. The van der Waals surface area contributed by atoms with E-state index in [9.17, 15) is 9.59 Å². The van der Waals surface area contributed by atoms with Crippen LogP contribution in [0.25, 0.3) is 0 Å². The average molecular weight is 442 g/mol. The number of hydrogen-bond acceptors (Lipinski definition) is 7. The van der Waals surface area contributed by atoms with Crippen molar-refractivity contribution in [2.75, 3.05) is 65.0 Å². The van der Waals surface area contributed by atoms with Crippen LogP contribution >= 0.6 is 0 Å². The molecule has 0 atom stereocenters. The Bertz CT molecular complexity index is 872. The molecule has 172 valence electrons. The summed E-state index contributed by atoms with van der Waals surface area (Å²) < 4.78 is 10.6. The third-order valence-corrected chi connectivity index (χ3v) is 5.50. The Hall–Kier alpha value is -3.20. The Morgan fingerprint density at radius 3 is 2.53 bits per heavy atom. The highest BCUT2D eigenvalue weighted by atomic mass is 16.5. The summed E-state index contributed by atoms with van der Waals surface area (Å²) in [5.41, 5.74) is 1.32. The topological polar surface area (TPSA) is 88.1 Å². The molecule has 32 heavy (non-hydrogen) atoms. The molecule has 0 unspecified atom stereocenters. The van der Waals surface area contributed by atoms with Gasteiger partial charge in [0.25, 0.3) is 5.91 Å². The van der Waals surface area contributed by atoms with Crippen molar-refractivity contribution in [2.45, 2.75) is 12.8 Å². The summed E-state index contributed by atoms with van der Waals surface area (Å²) in [6, 6.07) is 7.91. The minimum absolute atomic E-state index is 0.0494. The van der Waals surface area contributed by atoms with Crippen LogP contribution in [-0.4, -0.2) is 91.7 Å². The second-order valence-corrected chi connectivity index (χ2v) is 7.52. The molecule has 1 fully saturated rings. The van der Waals surface area contributed by atoms with Gasteiger partial charge in [-0.1, -0.05) is 12.1 Å². The van der Waals surface area contributed by atoms with Gasteiger partial charge in [-0.15, -0.1) is 0 Å². The quantitative estimate of drug-likeness (QED) is 0.519. The number of carbonyl (C=O) groups excluding carboxylic acids is 2. The number of hydrogen-bond donors (Lipinski definition) is 0. The van der Waals surface area contributed by atoms with Crippen LogP contribution in [0.3, 0.4) is 0 Å². The Morgan fingerprint density at radius 1 is 1.06 bits per heavy atom. The first-order valence-corrected chi connectivity index (χ1v) is 10.8. The van der Waals surface area contributed by atoms with Crippen LogP contribution in [0.2, 0.25) is 0 Å². The zero-order valence-electron chi connectivity index (χ0n) is 18.8. The SMILES string of the molecule is COCCCN(CCC(=O)N1CCN(c2ccccc2OC)CC1)C(=O)c1cnccn1. The van der Waals surface area contributed by atoms with Gasteiger partial charge >= 0.3 is 0 Å². The number of amides is 2. The fourth-order valence-corrected chi connectivity index (χ4v) is 3.76. The highest BCUT2D eigenvalue weighted by molar-refractivity contribution is 5.92. The highest BCUT2D eigenvalue weighted by Crippen LogP contribution is 2.28. The van der Waals surface area contributed by atoms with E-state index in [1.165, 1.54) is 18.6 Å². The van der Waals surface area contributed by atoms with Gasteiger partial charge in [0.1, 0.15) is 11.4 Å². The predicted molar refractivity (Wildman–Crippen MR) is 121 cm³/mol. The summed E-state index contributed by atoms with van der Waals surface area (Å²) in [6.45, 7) is 4.13. The van der Waals surface area contributed by atoms with Crippen LogP contribution in [0.15, 0.2) is 42.9 Å². The molecule has 0 bridgehead atoms. The van der Waals surface area contributed by atoms with Gasteiger partial charge in [-0.05, 0) is 18.6 Å². The number of ether oxygens (including phenoxy) is 2. The number of piperazine rings is 1. The molecule has 0 saturated carbocycles. The zero-order chi connectivity index (χ0) is 22.8. The molecule has 0 spiro atoms. The van der Waals surface area contributed by atoms with E-state index in [2.05, 4.69) is 14.9 Å². The first-order chi connectivity index (χ1) is 15.6. The van der Waals surface area contributed by atoms with Crippen molar-refractivity contribution in [1.82, 2.24) is 19.8 Å². The van der Waals surface area contributed by atoms with Crippen LogP contribution in [-0.2, 0) is 9.53 Å². The molecule has 2 heterocycles. The van der Waals surface area contributed by atoms with Gasteiger partial charge in [0, 0.05) is 71.8 Å². The molecule has 0 N–H and O–H groups in total. The minimum atomic E-state index is -0.219. The van der Waals surface area contributed by atoms with Crippen LogP contribution in [0.5, 0.6) is 5.75 Å². The van der Waals surface area contributed by atoms with Crippen molar-refractivity contribution >= 4 is 17.5 Å². The van der Waals surface area contributed by atoms with Gasteiger partial charge in [-0.3, -0.25) is 14.6 Å². The van der Waals surface area contributed by atoms with Crippen LogP contribution in [0, 0.1) is 0 Å². The molecule has 0 aliphatic carbocycles. The number of rotatable bonds is 10. The smallest absolute Gasteiger partial charge is 0.274 e. The predicted octanol–water partition coefficient (Wildman–Crippen LogP) is 1.70. The van der Waals surface area contributed by atoms with Crippen molar-refractivity contribution < 1.29 is 19.1 Å². The van der Waals surface area contributed by atoms with E-state index in [0.29, 0.717) is 39.2 Å². The summed E-state index contributed by atoms with van der Waals surface area (Å²) in [6.07, 6.45) is 5.43. The summed E-state index contributed by atoms with van der Waals surface area (Å²) >= 11 is 0. The van der Waals surface area contributed by atoms with E-state index >= 15 is 0 Å². The molecule has 1 aliphatic heterocycles. The van der Waals surface area contributed by atoms with E-state index in [0.717, 1.165) is 24.5 Å². The summed E-state index contributed by atoms with van der Waals surface area (Å²) in [5, 5.41) is 0. The molecule has 1 saturated heterocycles. The van der Waals surface area contributed by atoms with Gasteiger partial charge in [0.05, 0.1) is 19.0 Å². The van der Waals surface area contributed by atoms with E-state index < -0.39 is 0 Å². The lowest BCUT2D eigenvalue weighted by Crippen LogP contribution is -2.49. The van der Waals surface area contributed by atoms with E-state index in [1.54, 1.807) is 19.1 Å². The van der Waals surface area contributed by atoms with Gasteiger partial charge in [0.2, 0.25) is 5.91 Å². The molecule has 1 aromatic heterocycles. The maximum absolute atomic E-state index is 12.9. The molecule has 3 rings (SSSR count). The number of aromatic nitrogens is 2. The van der Waals surface area contributed by atoms with Gasteiger partial charge in [-0.2, -0.15) is 0 Å². The first-order valence-electron chi connectivity index (χ1n) is 10.8. The molecule has 0 radical (unpaired) electrons. The minimum Gasteiger partial charge on any atom is -0.495 e. The molecule has 2 aromatic rings. The van der Waals surface area contributed by atoms with Crippen molar-refractivity contribution in [3.8, 4) is 5.75 Å². The highest BCUT2D eigenvalue weighted by Gasteiger charge is 2.24. The van der Waals surface area contributed by atoms with Crippen LogP contribution < -0.4 is 9.64 Å². The Morgan fingerprint density at radius 2 is 1.84 bits per heavy atom. The van der Waals surface area contributed by atoms with Gasteiger partial charge in [0.15, 0.2) is 0 Å². The monoisotopic (exact) mass is 441 g/mol. The van der Waals surface area contributed by atoms with Crippen molar-refractivity contribution in [3.05, 3.63) is 48.5 Å². The van der Waals surface area contributed by atoms with E-state index in [1.807, 2.05) is 29.2 Å². The fraction of sp³-hybridized carbons (Fsp3) is 0.478. The number of anilines is 1. The second kappa shape index (κ2) is 12.0. The Labute approximate surface area is 188 Å². The summed E-state index contributed by atoms with van der Waals surface area (Å²) in [4.78, 5) is 39.5. The summed E-state index contributed by atoms with van der Waals surface area (Å²) in [5.74, 6) is 0.665. The second-order valence-electron chi connectivity index (χ2n) is 7.52. The Kier molecular flexibility index (Phi) is 8.79. The van der Waals surface area contributed by atoms with Crippen molar-refractivity contribution in [2.24, 2.45) is 0 Å². The molecular formula is C23H31N5O4. The number of para-hydroxylation sites is 2. The lowest BCUT2D eigenvalue weighted by Gasteiger charge is -2.37. The first kappa shape index (κ1) is 23.5. The molecule has 1 aromatic carbocycles. The number of carbonyl (C=O) groups is 2. The molecule has 2 amide bonds. The van der Waals surface area contributed by atoms with E-state index in [4.69, 9.17) is 9.47 Å².